The Morgan fingerprint density at radius 3 is 1.87 bits per heavy atom. The molecule has 8 aromatic carbocycles. The molecule has 10 aromatic rings. The summed E-state index contributed by atoms with van der Waals surface area (Å²) in [5.41, 5.74) is 26.0. The molecular formula is C63H53BN2O. The number of nitrogens with zero attached hydrogens (tertiary/aromatic N) is 2. The van der Waals surface area contributed by atoms with Crippen molar-refractivity contribution >= 4 is 67.7 Å². The Labute approximate surface area is 393 Å². The minimum absolute atomic E-state index is 0.0460. The van der Waals surface area contributed by atoms with Gasteiger partial charge in [-0.2, -0.15) is 0 Å². The van der Waals surface area contributed by atoms with Crippen LogP contribution >= 0.6 is 0 Å². The fourth-order valence-electron chi connectivity index (χ4n) is 13.5. The summed E-state index contributed by atoms with van der Waals surface area (Å²) >= 11 is 0. The molecule has 0 N–H and O–H groups in total. The highest BCUT2D eigenvalue weighted by Gasteiger charge is 2.51. The predicted molar refractivity (Wildman–Crippen MR) is 282 cm³/mol. The van der Waals surface area contributed by atoms with E-state index in [1.807, 2.05) is 0 Å². The number of furan rings is 1. The average molecular weight is 865 g/mol. The molecule has 4 heteroatoms. The lowest BCUT2D eigenvalue weighted by atomic mass is 9.43. The summed E-state index contributed by atoms with van der Waals surface area (Å²) in [4.78, 5) is 2.64. The SMILES string of the molecule is CC(C)(C)c1ccc(N2c3cc4c(cc3B3c5c2cc2oc6ccccc6c2c5-c2cccc5c6c(n3c25)C(C)(C)c2ccccc2-6)C(C)(C)c2ccccc2C4(C)C)c(-c2ccccc2)c1. The van der Waals surface area contributed by atoms with Crippen molar-refractivity contribution in [1.82, 2.24) is 4.48 Å². The Bertz CT molecular complexity index is 3830. The highest BCUT2D eigenvalue weighted by Crippen LogP contribution is 2.58. The van der Waals surface area contributed by atoms with Crippen LogP contribution in [0.1, 0.15) is 101 Å². The van der Waals surface area contributed by atoms with E-state index in [4.69, 9.17) is 4.42 Å². The molecule has 0 atom stereocenters. The van der Waals surface area contributed by atoms with Gasteiger partial charge < -0.3 is 13.8 Å². The van der Waals surface area contributed by atoms with Gasteiger partial charge in [0.2, 0.25) is 0 Å². The molecule has 0 fully saturated rings. The Morgan fingerprint density at radius 1 is 0.478 bits per heavy atom. The van der Waals surface area contributed by atoms with Crippen molar-refractivity contribution in [3.63, 3.8) is 0 Å². The van der Waals surface area contributed by atoms with Gasteiger partial charge in [0.15, 0.2) is 0 Å². The Kier molecular flexibility index (Phi) is 7.42. The maximum absolute atomic E-state index is 7.05. The van der Waals surface area contributed by atoms with Gasteiger partial charge in [0.1, 0.15) is 11.2 Å². The third kappa shape index (κ3) is 4.83. The minimum Gasteiger partial charge on any atom is -0.456 e. The van der Waals surface area contributed by atoms with Gasteiger partial charge in [0, 0.05) is 77.7 Å². The standard InChI is InChI=1S/C63H53BN2O/c1-60(2,3)37-30-31-49(42(32-37)36-20-11-10-12-21-36)65-50-34-47-46(61(4,5)44-27-16-17-28-45(44)62(47,6)7)33-48(50)64-57-51(65)35-53-55(39-23-14-18-29-52(39)67-53)56(57)41-25-19-24-40-54-38-22-13-15-26-43(38)63(8,9)59(54)66(64)58(40)41/h10-35H,1-9H3. The Morgan fingerprint density at radius 2 is 1.12 bits per heavy atom. The van der Waals surface area contributed by atoms with E-state index in [0.717, 1.165) is 16.6 Å². The van der Waals surface area contributed by atoms with Gasteiger partial charge in [-0.15, -0.1) is 0 Å². The smallest absolute Gasteiger partial charge is 0.332 e. The third-order valence-corrected chi connectivity index (χ3v) is 16.7. The van der Waals surface area contributed by atoms with Crippen LogP contribution in [0.5, 0.6) is 0 Å². The molecule has 4 aliphatic rings. The van der Waals surface area contributed by atoms with Gasteiger partial charge in [0.25, 0.3) is 0 Å². The summed E-state index contributed by atoms with van der Waals surface area (Å²) in [6.45, 7) is 21.5. The molecular weight excluding hydrogens is 812 g/mol. The zero-order chi connectivity index (χ0) is 45.7. The summed E-state index contributed by atoms with van der Waals surface area (Å²) in [5, 5.41) is 3.68. The van der Waals surface area contributed by atoms with Crippen LogP contribution in [-0.2, 0) is 21.7 Å². The van der Waals surface area contributed by atoms with Crippen molar-refractivity contribution in [2.75, 3.05) is 4.90 Å². The van der Waals surface area contributed by atoms with Crippen molar-refractivity contribution in [2.45, 2.75) is 84.0 Å². The number of hydrogen-bond donors (Lipinski definition) is 0. The first-order chi connectivity index (χ1) is 32.2. The average Bonchev–Trinajstić information content (AvgIpc) is 3.95. The second kappa shape index (κ2) is 12.7. The molecule has 67 heavy (non-hydrogen) atoms. The summed E-state index contributed by atoms with van der Waals surface area (Å²) in [7, 11) is 0. The molecule has 3 nitrogen and oxygen atoms in total. The lowest BCUT2D eigenvalue weighted by Gasteiger charge is -2.47. The van der Waals surface area contributed by atoms with E-state index in [1.165, 1.54) is 117 Å². The Balaban J connectivity index is 1.20. The van der Waals surface area contributed by atoms with Gasteiger partial charge in [-0.05, 0) is 90.7 Å². The lowest BCUT2D eigenvalue weighted by molar-refractivity contribution is 0.521. The maximum Gasteiger partial charge on any atom is 0.332 e. The van der Waals surface area contributed by atoms with Crippen LogP contribution in [0.4, 0.5) is 17.1 Å². The molecule has 2 aliphatic heterocycles. The monoisotopic (exact) mass is 864 g/mol. The highest BCUT2D eigenvalue weighted by molar-refractivity contribution is 6.90. The van der Waals surface area contributed by atoms with Crippen LogP contribution in [0.25, 0.3) is 66.2 Å². The number of anilines is 3. The van der Waals surface area contributed by atoms with Gasteiger partial charge in [-0.3, -0.25) is 0 Å². The molecule has 0 spiro atoms. The predicted octanol–water partition coefficient (Wildman–Crippen LogP) is 15.2. The zero-order valence-corrected chi connectivity index (χ0v) is 39.9. The fraction of sp³-hybridized carbons (Fsp3) is 0.206. The van der Waals surface area contributed by atoms with Gasteiger partial charge in [-0.25, -0.2) is 0 Å². The molecule has 0 unspecified atom stereocenters. The molecule has 4 heterocycles. The van der Waals surface area contributed by atoms with Gasteiger partial charge >= 0.3 is 6.85 Å². The molecule has 2 aliphatic carbocycles. The number of benzene rings is 8. The number of fused-ring (bicyclic) bond motifs is 15. The number of hydrogen-bond acceptors (Lipinski definition) is 2. The molecule has 0 bridgehead atoms. The van der Waals surface area contributed by atoms with E-state index in [9.17, 15) is 0 Å². The second-order valence-electron chi connectivity index (χ2n) is 22.5. The third-order valence-electron chi connectivity index (χ3n) is 16.7. The van der Waals surface area contributed by atoms with Crippen molar-refractivity contribution in [1.29, 1.82) is 0 Å². The van der Waals surface area contributed by atoms with Crippen molar-refractivity contribution in [3.05, 3.63) is 197 Å². The summed E-state index contributed by atoms with van der Waals surface area (Å²) in [5.74, 6) is 0. The number of aromatic nitrogens is 1. The molecule has 324 valence electrons. The second-order valence-corrected chi connectivity index (χ2v) is 22.5. The van der Waals surface area contributed by atoms with Crippen LogP contribution in [-0.4, -0.2) is 11.3 Å². The molecule has 0 saturated heterocycles. The quantitative estimate of drug-likeness (QED) is 0.161. The van der Waals surface area contributed by atoms with E-state index in [1.54, 1.807) is 0 Å². The van der Waals surface area contributed by atoms with Crippen LogP contribution in [0.3, 0.4) is 0 Å². The van der Waals surface area contributed by atoms with Crippen LogP contribution < -0.4 is 15.8 Å². The maximum atomic E-state index is 7.05. The van der Waals surface area contributed by atoms with Crippen LogP contribution in [0.2, 0.25) is 0 Å². The molecule has 2 aromatic heterocycles. The summed E-state index contributed by atoms with van der Waals surface area (Å²) in [6.07, 6.45) is 0. The van der Waals surface area contributed by atoms with Gasteiger partial charge in [0.05, 0.1) is 5.69 Å². The molecule has 0 amide bonds. The van der Waals surface area contributed by atoms with Crippen LogP contribution in [0.15, 0.2) is 162 Å². The van der Waals surface area contributed by atoms with E-state index in [-0.39, 0.29) is 28.5 Å². The van der Waals surface area contributed by atoms with Gasteiger partial charge in [-0.1, -0.05) is 190 Å². The summed E-state index contributed by atoms with van der Waals surface area (Å²) in [6, 6.07) is 60.1. The molecule has 0 radical (unpaired) electrons. The normalized spacial score (nSPS) is 16.4. The first-order valence-corrected chi connectivity index (χ1v) is 24.2. The van der Waals surface area contributed by atoms with Crippen LogP contribution in [0, 0.1) is 0 Å². The number of para-hydroxylation sites is 2. The first-order valence-electron chi connectivity index (χ1n) is 24.2. The summed E-state index contributed by atoms with van der Waals surface area (Å²) < 4.78 is 9.87. The first kappa shape index (κ1) is 39.2. The largest absolute Gasteiger partial charge is 0.456 e. The minimum atomic E-state index is -0.251. The topological polar surface area (TPSA) is 21.3 Å². The Hall–Kier alpha value is -7.04. The van der Waals surface area contributed by atoms with E-state index >= 15 is 0 Å². The van der Waals surface area contributed by atoms with E-state index in [2.05, 4.69) is 229 Å². The number of rotatable bonds is 2. The van der Waals surface area contributed by atoms with E-state index < -0.39 is 0 Å². The van der Waals surface area contributed by atoms with Crippen molar-refractivity contribution < 1.29 is 4.42 Å². The lowest BCUT2D eigenvalue weighted by Crippen LogP contribution is -2.58. The molecule has 0 saturated carbocycles. The highest BCUT2D eigenvalue weighted by atomic mass is 16.3. The van der Waals surface area contributed by atoms with Crippen molar-refractivity contribution in [3.8, 4) is 33.4 Å². The zero-order valence-electron chi connectivity index (χ0n) is 39.9. The molecule has 14 rings (SSSR count). The van der Waals surface area contributed by atoms with Crippen molar-refractivity contribution in [2.24, 2.45) is 0 Å². The van der Waals surface area contributed by atoms with E-state index in [0.29, 0.717) is 0 Å². The fourth-order valence-corrected chi connectivity index (χ4v) is 13.5.